The molecule has 0 heterocycles. The van der Waals surface area contributed by atoms with Gasteiger partial charge in [0.25, 0.3) is 0 Å². The van der Waals surface area contributed by atoms with Gasteiger partial charge in [-0.2, -0.15) is 0 Å². The molecule has 7 nitrogen and oxygen atoms in total. The minimum absolute atomic E-state index is 0.344. The Balaban J connectivity index is 0.000000438. The number of likely N-dealkylation sites (N-methyl/N-ethyl adjacent to an activating group) is 2. The normalized spacial score (nSPS) is 18.0. The Morgan fingerprint density at radius 1 is 1.22 bits per heavy atom. The minimum atomic E-state index is -0.809. The number of nitrogens with two attached hydrogens (primary N) is 1. The summed E-state index contributed by atoms with van der Waals surface area (Å²) >= 11 is 0. The molecule has 2 atom stereocenters. The second-order valence-corrected chi connectivity index (χ2v) is 6.08. The summed E-state index contributed by atoms with van der Waals surface area (Å²) in [4.78, 5) is 23.1. The molecule has 1 aliphatic carbocycles. The van der Waals surface area contributed by atoms with Crippen LogP contribution in [0.25, 0.3) is 0 Å². The van der Waals surface area contributed by atoms with Crippen LogP contribution < -0.4 is 11.1 Å². The summed E-state index contributed by atoms with van der Waals surface area (Å²) in [7, 11) is 3.56. The van der Waals surface area contributed by atoms with Crippen molar-refractivity contribution in [2.24, 2.45) is 5.73 Å². The zero-order valence-corrected chi connectivity index (χ0v) is 14.6. The Labute approximate surface area is 139 Å². The predicted octanol–water partition coefficient (Wildman–Crippen LogP) is 1.12. The third-order valence-corrected chi connectivity index (χ3v) is 4.46. The molecule has 136 valence electrons. The molecule has 0 amide bonds. The van der Waals surface area contributed by atoms with Crippen molar-refractivity contribution in [1.82, 2.24) is 10.2 Å². The van der Waals surface area contributed by atoms with Gasteiger partial charge in [0.05, 0.1) is 0 Å². The van der Waals surface area contributed by atoms with Gasteiger partial charge in [-0.05, 0) is 53.2 Å². The van der Waals surface area contributed by atoms with Crippen LogP contribution in [0.4, 0.5) is 0 Å². The highest BCUT2D eigenvalue weighted by Gasteiger charge is 2.25. The standard InChI is InChI=1S/C10H19NO2.C6H14N2O2/c1-8(10(12)13)11(2)9-6-4-3-5-7-9;1-8-5(6(9)10)3-2-4-7/h8-9H,3-7H2,1-2H3,(H,12,13);5,8H,2-4,7H2,1H3,(H,9,10)/t8-;5-/m00/s1. The SMILES string of the molecule is CN[C@@H](CCCN)C(=O)O.C[C@@H](C(=O)O)N(C)C1CCCCC1. The van der Waals surface area contributed by atoms with Crippen LogP contribution in [0.1, 0.15) is 51.9 Å². The van der Waals surface area contributed by atoms with E-state index in [4.69, 9.17) is 15.9 Å². The van der Waals surface area contributed by atoms with Crippen LogP contribution in [-0.4, -0.2) is 65.8 Å². The number of carboxylic acids is 2. The zero-order valence-electron chi connectivity index (χ0n) is 14.6. The lowest BCUT2D eigenvalue weighted by atomic mass is 9.94. The molecule has 0 aliphatic heterocycles. The van der Waals surface area contributed by atoms with E-state index in [1.54, 1.807) is 14.0 Å². The van der Waals surface area contributed by atoms with Crippen molar-refractivity contribution in [3.8, 4) is 0 Å². The van der Waals surface area contributed by atoms with E-state index in [1.165, 1.54) is 19.3 Å². The molecule has 1 fully saturated rings. The van der Waals surface area contributed by atoms with E-state index in [0.29, 0.717) is 19.0 Å². The Hall–Kier alpha value is -1.18. The number of nitrogens with one attached hydrogen (secondary N) is 1. The molecule has 0 aromatic carbocycles. The molecule has 0 aromatic rings. The molecular weight excluding hydrogens is 298 g/mol. The van der Waals surface area contributed by atoms with Crippen LogP contribution in [0.3, 0.4) is 0 Å². The summed E-state index contributed by atoms with van der Waals surface area (Å²) in [6.45, 7) is 2.31. The fourth-order valence-corrected chi connectivity index (χ4v) is 2.69. The van der Waals surface area contributed by atoms with Gasteiger partial charge in [-0.1, -0.05) is 19.3 Å². The molecule has 0 spiro atoms. The van der Waals surface area contributed by atoms with E-state index < -0.39 is 18.0 Å². The van der Waals surface area contributed by atoms with E-state index >= 15 is 0 Å². The Morgan fingerprint density at radius 3 is 2.17 bits per heavy atom. The molecule has 0 bridgehead atoms. The van der Waals surface area contributed by atoms with E-state index in [2.05, 4.69) is 5.32 Å². The number of hydrogen-bond acceptors (Lipinski definition) is 5. The van der Waals surface area contributed by atoms with Crippen LogP contribution in [0.2, 0.25) is 0 Å². The van der Waals surface area contributed by atoms with Crippen LogP contribution in [0, 0.1) is 0 Å². The van der Waals surface area contributed by atoms with Gasteiger partial charge in [-0.15, -0.1) is 0 Å². The average Bonchev–Trinajstić information content (AvgIpc) is 2.55. The van der Waals surface area contributed by atoms with E-state index in [1.807, 2.05) is 11.9 Å². The topological polar surface area (TPSA) is 116 Å². The maximum atomic E-state index is 10.7. The quantitative estimate of drug-likeness (QED) is 0.527. The number of carbonyl (C=O) groups is 2. The highest BCUT2D eigenvalue weighted by molar-refractivity contribution is 5.73. The van der Waals surface area contributed by atoms with Crippen molar-refractivity contribution in [3.05, 3.63) is 0 Å². The number of aliphatic carboxylic acids is 2. The Morgan fingerprint density at radius 2 is 1.78 bits per heavy atom. The molecule has 5 N–H and O–H groups in total. The molecular formula is C16H33N3O4. The zero-order chi connectivity index (χ0) is 17.8. The van der Waals surface area contributed by atoms with Gasteiger partial charge in [0, 0.05) is 6.04 Å². The van der Waals surface area contributed by atoms with Crippen molar-refractivity contribution >= 4 is 11.9 Å². The molecule has 7 heteroatoms. The third kappa shape index (κ3) is 8.88. The van der Waals surface area contributed by atoms with Gasteiger partial charge in [0.1, 0.15) is 12.1 Å². The van der Waals surface area contributed by atoms with Crippen LogP contribution in [-0.2, 0) is 9.59 Å². The number of carboxylic acid groups (broad SMARTS) is 2. The lowest BCUT2D eigenvalue weighted by molar-refractivity contribution is -0.143. The summed E-state index contributed by atoms with van der Waals surface area (Å²) in [6, 6.07) is -0.300. The fraction of sp³-hybridized carbons (Fsp3) is 0.875. The first-order valence-corrected chi connectivity index (χ1v) is 8.40. The summed E-state index contributed by atoms with van der Waals surface area (Å²) in [6.07, 6.45) is 7.48. The average molecular weight is 331 g/mol. The van der Waals surface area contributed by atoms with Gasteiger partial charge >= 0.3 is 11.9 Å². The first kappa shape index (κ1) is 21.8. The molecule has 23 heavy (non-hydrogen) atoms. The minimum Gasteiger partial charge on any atom is -0.480 e. The highest BCUT2D eigenvalue weighted by atomic mass is 16.4. The number of hydrogen-bond donors (Lipinski definition) is 4. The van der Waals surface area contributed by atoms with Crippen molar-refractivity contribution in [1.29, 1.82) is 0 Å². The van der Waals surface area contributed by atoms with Gasteiger partial charge in [0.15, 0.2) is 0 Å². The maximum absolute atomic E-state index is 10.7. The number of nitrogens with zero attached hydrogens (tertiary/aromatic N) is 1. The molecule has 0 radical (unpaired) electrons. The summed E-state index contributed by atoms with van der Waals surface area (Å²) in [5.41, 5.74) is 5.21. The van der Waals surface area contributed by atoms with E-state index in [0.717, 1.165) is 19.3 Å². The molecule has 1 saturated carbocycles. The number of rotatable bonds is 8. The van der Waals surface area contributed by atoms with Crippen molar-refractivity contribution < 1.29 is 19.8 Å². The summed E-state index contributed by atoms with van der Waals surface area (Å²) in [5.74, 6) is -1.52. The second kappa shape index (κ2) is 12.3. The summed E-state index contributed by atoms with van der Waals surface area (Å²) < 4.78 is 0. The fourth-order valence-electron chi connectivity index (χ4n) is 2.69. The Kier molecular flexibility index (Phi) is 11.6. The van der Waals surface area contributed by atoms with E-state index in [-0.39, 0.29) is 6.04 Å². The highest BCUT2D eigenvalue weighted by Crippen LogP contribution is 2.22. The van der Waals surface area contributed by atoms with Crippen LogP contribution in [0.15, 0.2) is 0 Å². The van der Waals surface area contributed by atoms with Gasteiger partial charge in [-0.25, -0.2) is 0 Å². The van der Waals surface area contributed by atoms with E-state index in [9.17, 15) is 9.59 Å². The molecule has 1 rings (SSSR count). The van der Waals surface area contributed by atoms with Crippen molar-refractivity contribution in [2.75, 3.05) is 20.6 Å². The smallest absolute Gasteiger partial charge is 0.320 e. The molecule has 1 aliphatic rings. The third-order valence-electron chi connectivity index (χ3n) is 4.46. The molecule has 0 unspecified atom stereocenters. The van der Waals surface area contributed by atoms with Gasteiger partial charge in [0.2, 0.25) is 0 Å². The maximum Gasteiger partial charge on any atom is 0.320 e. The summed E-state index contributed by atoms with van der Waals surface area (Å²) in [5, 5.41) is 20.0. The first-order chi connectivity index (χ1) is 10.8. The largest absolute Gasteiger partial charge is 0.480 e. The lowest BCUT2D eigenvalue weighted by Crippen LogP contribution is -2.43. The second-order valence-electron chi connectivity index (χ2n) is 6.08. The first-order valence-electron chi connectivity index (χ1n) is 8.40. The van der Waals surface area contributed by atoms with Gasteiger partial charge in [-0.3, -0.25) is 14.5 Å². The van der Waals surface area contributed by atoms with Crippen molar-refractivity contribution in [2.45, 2.75) is 70.0 Å². The van der Waals surface area contributed by atoms with Gasteiger partial charge < -0.3 is 21.3 Å². The van der Waals surface area contributed by atoms with Crippen LogP contribution in [0.5, 0.6) is 0 Å². The predicted molar refractivity (Wildman–Crippen MR) is 90.5 cm³/mol. The molecule has 0 saturated heterocycles. The lowest BCUT2D eigenvalue weighted by Gasteiger charge is -2.33. The monoisotopic (exact) mass is 331 g/mol. The molecule has 0 aromatic heterocycles. The van der Waals surface area contributed by atoms with Crippen molar-refractivity contribution in [3.63, 3.8) is 0 Å². The van der Waals surface area contributed by atoms with Crippen LogP contribution >= 0.6 is 0 Å². The Bertz CT molecular complexity index is 346.